The van der Waals surface area contributed by atoms with E-state index in [0.29, 0.717) is 0 Å². The lowest BCUT2D eigenvalue weighted by molar-refractivity contribution is -0.159. The maximum absolute atomic E-state index is 13.3. The van der Waals surface area contributed by atoms with E-state index in [1.807, 2.05) is 36.4 Å². The molecule has 0 spiro atoms. The summed E-state index contributed by atoms with van der Waals surface area (Å²) >= 11 is 0. The maximum atomic E-state index is 13.3. The first-order chi connectivity index (χ1) is 16.4. The molecule has 1 aliphatic rings. The fourth-order valence-corrected chi connectivity index (χ4v) is 3.96. The summed E-state index contributed by atoms with van der Waals surface area (Å²) in [5.74, 6) is -2.99. The minimum Gasteiger partial charge on any atom is -0.497 e. The molecule has 0 unspecified atom stereocenters. The quantitative estimate of drug-likeness (QED) is 0.387. The highest BCUT2D eigenvalue weighted by atomic mass is 16.5. The van der Waals surface area contributed by atoms with Gasteiger partial charge in [-0.05, 0) is 60.0 Å². The van der Waals surface area contributed by atoms with E-state index in [0.717, 1.165) is 48.2 Å². The molecule has 1 heterocycles. The Morgan fingerprint density at radius 2 is 1.50 bits per heavy atom. The maximum Gasteiger partial charge on any atom is 0.414 e. The van der Waals surface area contributed by atoms with Crippen LogP contribution >= 0.6 is 0 Å². The molecule has 3 N–H and O–H groups in total. The zero-order valence-corrected chi connectivity index (χ0v) is 18.8. The summed E-state index contributed by atoms with van der Waals surface area (Å²) in [4.78, 5) is 31.5. The number of benzene rings is 3. The fourth-order valence-electron chi connectivity index (χ4n) is 3.96. The second kappa shape index (κ2) is 11.3. The number of esters is 1. The standard InChI is InChI=1S/C24H25NO3.C2H2O4/c1-27-22-10-6-18(7-11-22)17-28-23(26)24(12-14-25-15-13-24)21-9-8-19-4-2-3-5-20(19)16-21;3-1(4)2(5)6/h2-11,16,25H,12-15,17H2,1H3;(H,3,4)(H,5,6). The molecule has 0 bridgehead atoms. The molecule has 3 aromatic carbocycles. The summed E-state index contributed by atoms with van der Waals surface area (Å²) in [5.41, 5.74) is 1.41. The summed E-state index contributed by atoms with van der Waals surface area (Å²) in [6, 6.07) is 22.2. The normalized spacial score (nSPS) is 14.4. The first-order valence-corrected chi connectivity index (χ1v) is 10.8. The molecule has 1 fully saturated rings. The van der Waals surface area contributed by atoms with Crippen molar-refractivity contribution in [1.82, 2.24) is 5.32 Å². The highest BCUT2D eigenvalue weighted by Crippen LogP contribution is 2.36. The number of nitrogens with one attached hydrogen (secondary N) is 1. The number of ether oxygens (including phenoxy) is 2. The van der Waals surface area contributed by atoms with E-state index < -0.39 is 17.4 Å². The van der Waals surface area contributed by atoms with Crippen molar-refractivity contribution >= 4 is 28.7 Å². The molecule has 0 radical (unpaired) electrons. The summed E-state index contributed by atoms with van der Waals surface area (Å²) in [7, 11) is 1.64. The van der Waals surface area contributed by atoms with E-state index >= 15 is 0 Å². The number of hydrogen-bond acceptors (Lipinski definition) is 6. The van der Waals surface area contributed by atoms with Gasteiger partial charge in [0.2, 0.25) is 0 Å². The van der Waals surface area contributed by atoms with Gasteiger partial charge in [-0.25, -0.2) is 9.59 Å². The van der Waals surface area contributed by atoms with Crippen molar-refractivity contribution in [2.75, 3.05) is 20.2 Å². The van der Waals surface area contributed by atoms with Crippen molar-refractivity contribution < 1.29 is 34.1 Å². The van der Waals surface area contributed by atoms with Crippen molar-refractivity contribution in [3.63, 3.8) is 0 Å². The molecule has 1 saturated heterocycles. The molecule has 1 aliphatic heterocycles. The van der Waals surface area contributed by atoms with Crippen molar-refractivity contribution in [2.45, 2.75) is 24.9 Å². The minimum absolute atomic E-state index is 0.139. The van der Waals surface area contributed by atoms with Crippen LogP contribution in [-0.4, -0.2) is 48.3 Å². The molecule has 178 valence electrons. The molecule has 8 heteroatoms. The highest BCUT2D eigenvalue weighted by Gasteiger charge is 2.42. The van der Waals surface area contributed by atoms with Crippen LogP contribution in [-0.2, 0) is 31.1 Å². The van der Waals surface area contributed by atoms with Crippen LogP contribution in [0, 0.1) is 0 Å². The van der Waals surface area contributed by atoms with Crippen LogP contribution in [0.1, 0.15) is 24.0 Å². The van der Waals surface area contributed by atoms with E-state index in [4.69, 9.17) is 29.3 Å². The number of rotatable bonds is 5. The number of carboxylic acids is 2. The van der Waals surface area contributed by atoms with Crippen LogP contribution in [0.15, 0.2) is 66.7 Å². The molecule has 0 aromatic heterocycles. The largest absolute Gasteiger partial charge is 0.497 e. The number of methoxy groups -OCH3 is 1. The van der Waals surface area contributed by atoms with Gasteiger partial charge in [0, 0.05) is 0 Å². The van der Waals surface area contributed by atoms with Gasteiger partial charge in [-0.3, -0.25) is 4.79 Å². The smallest absolute Gasteiger partial charge is 0.414 e. The number of fused-ring (bicyclic) bond motifs is 1. The zero-order chi connectivity index (χ0) is 24.6. The zero-order valence-electron chi connectivity index (χ0n) is 18.8. The lowest BCUT2D eigenvalue weighted by atomic mass is 9.72. The molecule has 0 amide bonds. The van der Waals surface area contributed by atoms with E-state index in [1.165, 1.54) is 5.39 Å². The topological polar surface area (TPSA) is 122 Å². The second-order valence-corrected chi connectivity index (χ2v) is 7.93. The number of piperidine rings is 1. The molecule has 34 heavy (non-hydrogen) atoms. The minimum atomic E-state index is -1.82. The van der Waals surface area contributed by atoms with Gasteiger partial charge in [-0.2, -0.15) is 0 Å². The number of carbonyl (C=O) groups excluding carboxylic acids is 1. The van der Waals surface area contributed by atoms with Crippen LogP contribution in [0.25, 0.3) is 10.8 Å². The SMILES string of the molecule is COc1ccc(COC(=O)C2(c3ccc4ccccc4c3)CCNCC2)cc1.O=C(O)C(=O)O. The Labute approximate surface area is 197 Å². The summed E-state index contributed by atoms with van der Waals surface area (Å²) in [6.07, 6.45) is 1.49. The Balaban J connectivity index is 0.000000481. The monoisotopic (exact) mass is 465 g/mol. The Morgan fingerprint density at radius 3 is 2.09 bits per heavy atom. The molecular weight excluding hydrogens is 438 g/mol. The second-order valence-electron chi connectivity index (χ2n) is 7.93. The molecular formula is C26H27NO7. The third-order valence-corrected chi connectivity index (χ3v) is 5.86. The number of carboxylic acid groups (broad SMARTS) is 2. The van der Waals surface area contributed by atoms with Crippen LogP contribution in [0.3, 0.4) is 0 Å². The van der Waals surface area contributed by atoms with Crippen molar-refractivity contribution in [1.29, 1.82) is 0 Å². The Hall–Kier alpha value is -3.91. The first kappa shape index (κ1) is 24.7. The van der Waals surface area contributed by atoms with Crippen LogP contribution < -0.4 is 10.1 Å². The lowest BCUT2D eigenvalue weighted by Crippen LogP contribution is -2.46. The number of aliphatic carboxylic acids is 2. The average Bonchev–Trinajstić information content (AvgIpc) is 2.88. The summed E-state index contributed by atoms with van der Waals surface area (Å²) in [5, 5.41) is 20.5. The molecule has 8 nitrogen and oxygen atoms in total. The molecule has 3 aromatic rings. The first-order valence-electron chi connectivity index (χ1n) is 10.8. The van der Waals surface area contributed by atoms with Crippen LogP contribution in [0.2, 0.25) is 0 Å². The highest BCUT2D eigenvalue weighted by molar-refractivity contribution is 6.27. The third-order valence-electron chi connectivity index (χ3n) is 5.86. The molecule has 0 saturated carbocycles. The van der Waals surface area contributed by atoms with E-state index in [2.05, 4.69) is 35.6 Å². The predicted octanol–water partition coefficient (Wildman–Crippen LogP) is 3.37. The van der Waals surface area contributed by atoms with Crippen molar-refractivity contribution in [3.05, 3.63) is 77.9 Å². The van der Waals surface area contributed by atoms with E-state index in [1.54, 1.807) is 7.11 Å². The van der Waals surface area contributed by atoms with Crippen molar-refractivity contribution in [2.24, 2.45) is 0 Å². The fraction of sp³-hybridized carbons (Fsp3) is 0.269. The predicted molar refractivity (Wildman–Crippen MR) is 126 cm³/mol. The Kier molecular flexibility index (Phi) is 8.21. The summed E-state index contributed by atoms with van der Waals surface area (Å²) < 4.78 is 11.0. The van der Waals surface area contributed by atoms with Crippen molar-refractivity contribution in [3.8, 4) is 5.75 Å². The molecule has 0 aliphatic carbocycles. The van der Waals surface area contributed by atoms with Gasteiger partial charge < -0.3 is 25.0 Å². The Morgan fingerprint density at radius 1 is 0.882 bits per heavy atom. The Bertz CT molecular complexity index is 1140. The van der Waals surface area contributed by atoms with Gasteiger partial charge in [-0.15, -0.1) is 0 Å². The van der Waals surface area contributed by atoms with Gasteiger partial charge in [-0.1, -0.05) is 54.6 Å². The van der Waals surface area contributed by atoms with Gasteiger partial charge in [0.1, 0.15) is 12.4 Å². The van der Waals surface area contributed by atoms with Crippen LogP contribution in [0.4, 0.5) is 0 Å². The van der Waals surface area contributed by atoms with Crippen LogP contribution in [0.5, 0.6) is 5.75 Å². The lowest BCUT2D eigenvalue weighted by Gasteiger charge is -2.36. The average molecular weight is 466 g/mol. The van der Waals surface area contributed by atoms with Gasteiger partial charge in [0.15, 0.2) is 0 Å². The van der Waals surface area contributed by atoms with E-state index in [9.17, 15) is 4.79 Å². The third kappa shape index (κ3) is 5.90. The van der Waals surface area contributed by atoms with Gasteiger partial charge in [0.25, 0.3) is 0 Å². The molecule has 0 atom stereocenters. The van der Waals surface area contributed by atoms with Gasteiger partial charge >= 0.3 is 17.9 Å². The molecule has 4 rings (SSSR count). The van der Waals surface area contributed by atoms with E-state index in [-0.39, 0.29) is 12.6 Å². The number of hydrogen-bond donors (Lipinski definition) is 3. The summed E-state index contributed by atoms with van der Waals surface area (Å²) in [6.45, 7) is 1.89. The van der Waals surface area contributed by atoms with Gasteiger partial charge in [0.05, 0.1) is 12.5 Å². The number of carbonyl (C=O) groups is 3.